The van der Waals surface area contributed by atoms with Crippen molar-refractivity contribution in [3.8, 4) is 0 Å². The molecule has 15 heavy (non-hydrogen) atoms. The van der Waals surface area contributed by atoms with Crippen LogP contribution in [0.3, 0.4) is 0 Å². The van der Waals surface area contributed by atoms with Crippen LogP contribution in [-0.2, 0) is 0 Å². The van der Waals surface area contributed by atoms with Crippen molar-refractivity contribution < 1.29 is 4.79 Å². The minimum atomic E-state index is 0.248. The van der Waals surface area contributed by atoms with E-state index in [4.69, 9.17) is 0 Å². The van der Waals surface area contributed by atoms with E-state index in [-0.39, 0.29) is 6.03 Å². The lowest BCUT2D eigenvalue weighted by Gasteiger charge is -2.24. The summed E-state index contributed by atoms with van der Waals surface area (Å²) in [5, 5.41) is 3.31. The van der Waals surface area contributed by atoms with Gasteiger partial charge in [0, 0.05) is 32.2 Å². The van der Waals surface area contributed by atoms with Gasteiger partial charge in [-0.1, -0.05) is 13.8 Å². The van der Waals surface area contributed by atoms with Gasteiger partial charge in [0.2, 0.25) is 0 Å². The molecule has 4 nitrogen and oxygen atoms in total. The van der Waals surface area contributed by atoms with Crippen LogP contribution in [0.5, 0.6) is 0 Å². The molecule has 0 radical (unpaired) electrons. The monoisotopic (exact) mass is 211 g/mol. The van der Waals surface area contributed by atoms with E-state index in [9.17, 15) is 4.79 Å². The summed E-state index contributed by atoms with van der Waals surface area (Å²) in [6.45, 7) is 9.07. The average molecular weight is 211 g/mol. The molecule has 2 rings (SSSR count). The molecule has 4 heteroatoms. The van der Waals surface area contributed by atoms with Crippen LogP contribution in [0, 0.1) is 5.92 Å². The van der Waals surface area contributed by atoms with Crippen LogP contribution in [0.2, 0.25) is 0 Å². The van der Waals surface area contributed by atoms with Crippen molar-refractivity contribution in [2.24, 2.45) is 5.92 Å². The zero-order valence-corrected chi connectivity index (χ0v) is 9.70. The smallest absolute Gasteiger partial charge is 0.320 e. The van der Waals surface area contributed by atoms with E-state index in [2.05, 4.69) is 19.2 Å². The fourth-order valence-electron chi connectivity index (χ4n) is 2.46. The number of nitrogens with one attached hydrogen (secondary N) is 1. The van der Waals surface area contributed by atoms with Gasteiger partial charge in [-0.2, -0.15) is 0 Å². The highest BCUT2D eigenvalue weighted by Gasteiger charge is 2.34. The van der Waals surface area contributed by atoms with Gasteiger partial charge in [0.1, 0.15) is 0 Å². The van der Waals surface area contributed by atoms with Crippen molar-refractivity contribution in [1.82, 2.24) is 15.1 Å². The van der Waals surface area contributed by atoms with Crippen LogP contribution in [-0.4, -0.2) is 54.6 Å². The van der Waals surface area contributed by atoms with Crippen LogP contribution in [0.4, 0.5) is 4.79 Å². The third-order valence-corrected chi connectivity index (χ3v) is 3.19. The number of amides is 2. The molecule has 2 saturated heterocycles. The molecule has 2 heterocycles. The minimum Gasteiger partial charge on any atom is -0.323 e. The highest BCUT2D eigenvalue weighted by atomic mass is 16.2. The number of carbonyl (C=O) groups is 1. The Kier molecular flexibility index (Phi) is 3.14. The number of rotatable bonds is 3. The van der Waals surface area contributed by atoms with Gasteiger partial charge in [-0.3, -0.25) is 0 Å². The van der Waals surface area contributed by atoms with Gasteiger partial charge in [0.05, 0.1) is 0 Å². The van der Waals surface area contributed by atoms with Gasteiger partial charge >= 0.3 is 6.03 Å². The van der Waals surface area contributed by atoms with Gasteiger partial charge < -0.3 is 15.1 Å². The molecule has 0 aromatic carbocycles. The van der Waals surface area contributed by atoms with E-state index >= 15 is 0 Å². The highest BCUT2D eigenvalue weighted by Crippen LogP contribution is 2.17. The average Bonchev–Trinajstić information content (AvgIpc) is 2.76. The van der Waals surface area contributed by atoms with Gasteiger partial charge in [-0.05, 0) is 18.9 Å². The molecular formula is C11H21N3O. The molecule has 2 fully saturated rings. The number of hydrogen-bond acceptors (Lipinski definition) is 2. The molecule has 1 unspecified atom stereocenters. The lowest BCUT2D eigenvalue weighted by molar-refractivity contribution is 0.176. The predicted octanol–water partition coefficient (Wildman–Crippen LogP) is 0.742. The van der Waals surface area contributed by atoms with Crippen molar-refractivity contribution in [3.63, 3.8) is 0 Å². The summed E-state index contributed by atoms with van der Waals surface area (Å²) < 4.78 is 0. The summed E-state index contributed by atoms with van der Waals surface area (Å²) in [7, 11) is 0. The molecule has 0 saturated carbocycles. The molecule has 2 amide bonds. The Balaban J connectivity index is 1.91. The molecular weight excluding hydrogens is 190 g/mol. The standard InChI is InChI=1S/C11H21N3O/c1-9(2)8-13-5-6-14(11(13)15)10-3-4-12-7-10/h9-10,12H,3-8H2,1-2H3. The predicted molar refractivity (Wildman–Crippen MR) is 59.8 cm³/mol. The molecule has 1 N–H and O–H groups in total. The zero-order valence-electron chi connectivity index (χ0n) is 9.70. The number of hydrogen-bond donors (Lipinski definition) is 1. The molecule has 2 aliphatic heterocycles. The Bertz CT molecular complexity index is 236. The van der Waals surface area contributed by atoms with Crippen molar-refractivity contribution in [2.75, 3.05) is 32.7 Å². The molecule has 0 spiro atoms. The molecule has 0 bridgehead atoms. The van der Waals surface area contributed by atoms with Crippen molar-refractivity contribution >= 4 is 6.03 Å². The summed E-state index contributed by atoms with van der Waals surface area (Å²) in [5.41, 5.74) is 0. The first-order valence-corrected chi connectivity index (χ1v) is 5.94. The lowest BCUT2D eigenvalue weighted by Crippen LogP contribution is -2.41. The van der Waals surface area contributed by atoms with E-state index in [0.717, 1.165) is 39.1 Å². The van der Waals surface area contributed by atoms with E-state index in [1.807, 2.05) is 9.80 Å². The first-order chi connectivity index (χ1) is 7.18. The van der Waals surface area contributed by atoms with Crippen molar-refractivity contribution in [1.29, 1.82) is 0 Å². The summed E-state index contributed by atoms with van der Waals surface area (Å²) in [6, 6.07) is 0.687. The van der Waals surface area contributed by atoms with Crippen LogP contribution in [0.15, 0.2) is 0 Å². The van der Waals surface area contributed by atoms with Crippen LogP contribution in [0.25, 0.3) is 0 Å². The second-order valence-electron chi connectivity index (χ2n) is 4.96. The van der Waals surface area contributed by atoms with Gasteiger partial charge in [0.15, 0.2) is 0 Å². The largest absolute Gasteiger partial charge is 0.323 e. The summed E-state index contributed by atoms with van der Waals surface area (Å²) in [6.07, 6.45) is 1.11. The fraction of sp³-hybridized carbons (Fsp3) is 0.909. The topological polar surface area (TPSA) is 35.6 Å². The van der Waals surface area contributed by atoms with Crippen LogP contribution < -0.4 is 5.32 Å². The Morgan fingerprint density at radius 2 is 2.27 bits per heavy atom. The Morgan fingerprint density at radius 3 is 2.87 bits per heavy atom. The van der Waals surface area contributed by atoms with Crippen molar-refractivity contribution in [3.05, 3.63) is 0 Å². The maximum atomic E-state index is 12.1. The Morgan fingerprint density at radius 1 is 1.47 bits per heavy atom. The van der Waals surface area contributed by atoms with Gasteiger partial charge in [-0.25, -0.2) is 4.79 Å². The zero-order chi connectivity index (χ0) is 10.8. The normalized spacial score (nSPS) is 27.1. The second-order valence-corrected chi connectivity index (χ2v) is 4.96. The summed E-state index contributed by atoms with van der Waals surface area (Å²) in [5.74, 6) is 0.565. The summed E-state index contributed by atoms with van der Waals surface area (Å²) in [4.78, 5) is 16.1. The van der Waals surface area contributed by atoms with E-state index in [0.29, 0.717) is 12.0 Å². The number of carbonyl (C=O) groups excluding carboxylic acids is 1. The van der Waals surface area contributed by atoms with Gasteiger partial charge in [-0.15, -0.1) is 0 Å². The van der Waals surface area contributed by atoms with E-state index in [1.54, 1.807) is 0 Å². The molecule has 0 aromatic rings. The van der Waals surface area contributed by atoms with Gasteiger partial charge in [0.25, 0.3) is 0 Å². The molecule has 0 aliphatic carbocycles. The lowest BCUT2D eigenvalue weighted by atomic mass is 10.2. The Labute approximate surface area is 91.6 Å². The van der Waals surface area contributed by atoms with Crippen molar-refractivity contribution in [2.45, 2.75) is 26.3 Å². The summed E-state index contributed by atoms with van der Waals surface area (Å²) >= 11 is 0. The maximum absolute atomic E-state index is 12.1. The van der Waals surface area contributed by atoms with E-state index in [1.165, 1.54) is 0 Å². The van der Waals surface area contributed by atoms with E-state index < -0.39 is 0 Å². The number of urea groups is 1. The fourth-order valence-corrected chi connectivity index (χ4v) is 2.46. The number of nitrogens with zero attached hydrogens (tertiary/aromatic N) is 2. The third kappa shape index (κ3) is 2.25. The quantitative estimate of drug-likeness (QED) is 0.747. The molecule has 0 aromatic heterocycles. The third-order valence-electron chi connectivity index (χ3n) is 3.19. The molecule has 1 atom stereocenters. The van der Waals surface area contributed by atoms with Crippen LogP contribution >= 0.6 is 0 Å². The SMILES string of the molecule is CC(C)CN1CCN(C2CCNC2)C1=O. The molecule has 86 valence electrons. The second kappa shape index (κ2) is 4.39. The Hall–Kier alpha value is -0.770. The first-order valence-electron chi connectivity index (χ1n) is 5.94. The molecule has 2 aliphatic rings. The van der Waals surface area contributed by atoms with Crippen LogP contribution in [0.1, 0.15) is 20.3 Å². The first kappa shape index (κ1) is 10.7. The minimum absolute atomic E-state index is 0.248. The maximum Gasteiger partial charge on any atom is 0.320 e. The highest BCUT2D eigenvalue weighted by molar-refractivity contribution is 5.77.